The highest BCUT2D eigenvalue weighted by molar-refractivity contribution is 4.86. The third kappa shape index (κ3) is 1.28. The van der Waals surface area contributed by atoms with Gasteiger partial charge in [-0.3, -0.25) is 0 Å². The molecule has 0 amide bonds. The molecule has 10 heavy (non-hydrogen) atoms. The smallest absolute Gasteiger partial charge is 0.123 e. The van der Waals surface area contributed by atoms with Crippen molar-refractivity contribution < 1.29 is 14.9 Å². The molecule has 6 N–H and O–H groups in total. The molecule has 0 bridgehead atoms. The van der Waals surface area contributed by atoms with Gasteiger partial charge >= 0.3 is 0 Å². The molecular weight excluding hydrogens is 136 g/mol. The quantitative estimate of drug-likeness (QED) is 0.300. The number of nitrogens with two attached hydrogens (primary N) is 2. The van der Waals surface area contributed by atoms with Gasteiger partial charge in [0, 0.05) is 0 Å². The summed E-state index contributed by atoms with van der Waals surface area (Å²) in [5.74, 6) is 0. The Hall–Kier alpha value is -0.200. The van der Waals surface area contributed by atoms with E-state index in [1.54, 1.807) is 0 Å². The Morgan fingerprint density at radius 1 is 1.30 bits per heavy atom. The molecule has 1 heterocycles. The Labute approximate surface area is 58.6 Å². The van der Waals surface area contributed by atoms with Crippen molar-refractivity contribution in [3.8, 4) is 0 Å². The lowest BCUT2D eigenvalue weighted by atomic mass is 10.0. The molecule has 1 aliphatic rings. The van der Waals surface area contributed by atoms with Crippen LogP contribution >= 0.6 is 0 Å². The second kappa shape index (κ2) is 2.81. The fourth-order valence-electron chi connectivity index (χ4n) is 0.870. The normalized spacial score (nSPS) is 49.2. The van der Waals surface area contributed by atoms with Crippen LogP contribution in [0.2, 0.25) is 0 Å². The molecule has 5 nitrogen and oxygen atoms in total. The fraction of sp³-hybridized carbons (Fsp3) is 1.00. The molecule has 5 heteroatoms. The van der Waals surface area contributed by atoms with Gasteiger partial charge in [0.05, 0.1) is 12.6 Å². The van der Waals surface area contributed by atoms with Crippen molar-refractivity contribution in [1.82, 2.24) is 0 Å². The summed E-state index contributed by atoms with van der Waals surface area (Å²) in [6.45, 7) is 0.0516. The summed E-state index contributed by atoms with van der Waals surface area (Å²) in [4.78, 5) is 0. The molecule has 0 spiro atoms. The summed E-state index contributed by atoms with van der Waals surface area (Å²) in [5, 5.41) is 18.0. The molecule has 0 unspecified atom stereocenters. The van der Waals surface area contributed by atoms with Gasteiger partial charge in [0.2, 0.25) is 0 Å². The van der Waals surface area contributed by atoms with Crippen molar-refractivity contribution in [3.05, 3.63) is 0 Å². The maximum absolute atomic E-state index is 9.08. The summed E-state index contributed by atoms with van der Waals surface area (Å²) in [5.41, 5.74) is 10.7. The van der Waals surface area contributed by atoms with Gasteiger partial charge in [-0.05, 0) is 0 Å². The summed E-state index contributed by atoms with van der Waals surface area (Å²) in [6.07, 6.45) is -2.54. The minimum Gasteiger partial charge on any atom is -0.389 e. The fourth-order valence-corrected chi connectivity index (χ4v) is 0.870. The lowest BCUT2D eigenvalue weighted by Crippen LogP contribution is -2.60. The molecule has 0 saturated carbocycles. The molecule has 0 radical (unpaired) electrons. The Morgan fingerprint density at radius 2 is 1.90 bits per heavy atom. The van der Waals surface area contributed by atoms with Gasteiger partial charge in [0.25, 0.3) is 0 Å². The van der Waals surface area contributed by atoms with E-state index in [4.69, 9.17) is 26.4 Å². The summed E-state index contributed by atoms with van der Waals surface area (Å²) < 4.78 is 4.82. The summed E-state index contributed by atoms with van der Waals surface area (Å²) >= 11 is 0. The van der Waals surface area contributed by atoms with Crippen LogP contribution in [0.3, 0.4) is 0 Å². The standard InChI is InChI=1S/C5H12N2O3/c6-3-4(9)2(8)1-10-5(3)7/h2-5,8-9H,1,6-7H2/t2-,3-,4+,5-/m1/s1. The number of aliphatic hydroxyl groups excluding tert-OH is 2. The lowest BCUT2D eigenvalue weighted by molar-refractivity contribution is -0.130. The van der Waals surface area contributed by atoms with Crippen LogP contribution in [0.4, 0.5) is 0 Å². The van der Waals surface area contributed by atoms with E-state index in [-0.39, 0.29) is 6.61 Å². The van der Waals surface area contributed by atoms with Crippen LogP contribution in [0, 0.1) is 0 Å². The maximum atomic E-state index is 9.08. The predicted molar refractivity (Wildman–Crippen MR) is 33.9 cm³/mol. The Balaban J connectivity index is 2.52. The Bertz CT molecular complexity index is 107. The molecular formula is C5H12N2O3. The van der Waals surface area contributed by atoms with E-state index in [2.05, 4.69) is 0 Å². The topological polar surface area (TPSA) is 102 Å². The zero-order valence-corrected chi connectivity index (χ0v) is 5.47. The molecule has 0 aromatic heterocycles. The average molecular weight is 148 g/mol. The average Bonchev–Trinajstić information content (AvgIpc) is 1.93. The van der Waals surface area contributed by atoms with Crippen LogP contribution in [0.25, 0.3) is 0 Å². The molecule has 0 aromatic carbocycles. The highest BCUT2D eigenvalue weighted by Gasteiger charge is 2.33. The molecule has 4 atom stereocenters. The first-order valence-electron chi connectivity index (χ1n) is 3.12. The van der Waals surface area contributed by atoms with Crippen LogP contribution in [0.15, 0.2) is 0 Å². The zero-order chi connectivity index (χ0) is 7.72. The largest absolute Gasteiger partial charge is 0.389 e. The zero-order valence-electron chi connectivity index (χ0n) is 5.47. The van der Waals surface area contributed by atoms with Crippen molar-refractivity contribution in [3.63, 3.8) is 0 Å². The van der Waals surface area contributed by atoms with E-state index in [9.17, 15) is 0 Å². The number of hydrogen-bond donors (Lipinski definition) is 4. The van der Waals surface area contributed by atoms with Gasteiger partial charge in [-0.25, -0.2) is 0 Å². The second-order valence-electron chi connectivity index (χ2n) is 2.43. The molecule has 1 aliphatic heterocycles. The molecule has 60 valence electrons. The minimum atomic E-state index is -0.969. The SMILES string of the molecule is N[C@@H]1[C@@H](O)[C@H](O)CO[C@H]1N. The van der Waals surface area contributed by atoms with Crippen LogP contribution in [-0.4, -0.2) is 41.3 Å². The predicted octanol–water partition coefficient (Wildman–Crippen LogP) is -2.65. The summed E-state index contributed by atoms with van der Waals surface area (Å²) in [7, 11) is 0. The first kappa shape index (κ1) is 7.90. The van der Waals surface area contributed by atoms with Gasteiger partial charge in [0.1, 0.15) is 18.4 Å². The monoisotopic (exact) mass is 148 g/mol. The number of hydrogen-bond acceptors (Lipinski definition) is 5. The molecule has 1 rings (SSSR count). The van der Waals surface area contributed by atoms with E-state index in [0.29, 0.717) is 0 Å². The third-order valence-corrected chi connectivity index (χ3v) is 1.63. The van der Waals surface area contributed by atoms with Crippen LogP contribution in [0.5, 0.6) is 0 Å². The molecule has 1 fully saturated rings. The van der Waals surface area contributed by atoms with Crippen LogP contribution in [-0.2, 0) is 4.74 Å². The number of rotatable bonds is 0. The first-order chi connectivity index (χ1) is 4.63. The van der Waals surface area contributed by atoms with Crippen LogP contribution in [0.1, 0.15) is 0 Å². The van der Waals surface area contributed by atoms with Crippen molar-refractivity contribution >= 4 is 0 Å². The van der Waals surface area contributed by atoms with Crippen molar-refractivity contribution in [2.75, 3.05) is 6.61 Å². The lowest BCUT2D eigenvalue weighted by Gasteiger charge is -2.33. The third-order valence-electron chi connectivity index (χ3n) is 1.63. The van der Waals surface area contributed by atoms with E-state index < -0.39 is 24.5 Å². The number of aliphatic hydroxyl groups is 2. The maximum Gasteiger partial charge on any atom is 0.123 e. The second-order valence-corrected chi connectivity index (χ2v) is 2.43. The van der Waals surface area contributed by atoms with Gasteiger partial charge in [-0.1, -0.05) is 0 Å². The van der Waals surface area contributed by atoms with E-state index in [1.165, 1.54) is 0 Å². The Morgan fingerprint density at radius 3 is 2.40 bits per heavy atom. The summed E-state index contributed by atoms with van der Waals surface area (Å²) in [6, 6.07) is -0.691. The van der Waals surface area contributed by atoms with Crippen LogP contribution < -0.4 is 11.5 Å². The van der Waals surface area contributed by atoms with Gasteiger partial charge in [-0.15, -0.1) is 0 Å². The molecule has 0 aliphatic carbocycles. The van der Waals surface area contributed by atoms with Gasteiger partial charge in [-0.2, -0.15) is 0 Å². The minimum absolute atomic E-state index is 0.0516. The van der Waals surface area contributed by atoms with Crippen molar-refractivity contribution in [2.24, 2.45) is 11.5 Å². The van der Waals surface area contributed by atoms with Gasteiger partial charge in [0.15, 0.2) is 0 Å². The molecule has 1 saturated heterocycles. The highest BCUT2D eigenvalue weighted by atomic mass is 16.5. The van der Waals surface area contributed by atoms with E-state index in [0.717, 1.165) is 0 Å². The van der Waals surface area contributed by atoms with E-state index >= 15 is 0 Å². The first-order valence-corrected chi connectivity index (χ1v) is 3.12. The highest BCUT2D eigenvalue weighted by Crippen LogP contribution is 2.09. The van der Waals surface area contributed by atoms with E-state index in [1.807, 2.05) is 0 Å². The van der Waals surface area contributed by atoms with Gasteiger partial charge < -0.3 is 26.4 Å². The van der Waals surface area contributed by atoms with Crippen molar-refractivity contribution in [2.45, 2.75) is 24.5 Å². The number of ether oxygens (including phenoxy) is 1. The Kier molecular flexibility index (Phi) is 2.22. The molecule has 0 aromatic rings. The van der Waals surface area contributed by atoms with Crippen molar-refractivity contribution in [1.29, 1.82) is 0 Å².